The summed E-state index contributed by atoms with van der Waals surface area (Å²) in [4.78, 5) is 2.57. The van der Waals surface area contributed by atoms with Crippen LogP contribution in [0.15, 0.2) is 34.1 Å². The summed E-state index contributed by atoms with van der Waals surface area (Å²) < 4.78 is 0. The van der Waals surface area contributed by atoms with Crippen LogP contribution in [-0.4, -0.2) is 29.0 Å². The van der Waals surface area contributed by atoms with Crippen LogP contribution in [0.4, 0.5) is 0 Å². The van der Waals surface area contributed by atoms with Crippen molar-refractivity contribution in [2.75, 3.05) is 10.8 Å². The van der Waals surface area contributed by atoms with E-state index in [9.17, 15) is 10.2 Å². The zero-order valence-corrected chi connectivity index (χ0v) is 21.4. The van der Waals surface area contributed by atoms with Crippen LogP contribution >= 0.6 is 23.5 Å². The van der Waals surface area contributed by atoms with Crippen molar-refractivity contribution < 1.29 is 10.2 Å². The van der Waals surface area contributed by atoms with Gasteiger partial charge in [0, 0.05) is 9.79 Å². The molecule has 0 heterocycles. The Balaban J connectivity index is 2.06. The molecule has 0 bridgehead atoms. The van der Waals surface area contributed by atoms with Crippen LogP contribution in [0, 0.1) is 0 Å². The second kappa shape index (κ2) is 10.8. The highest BCUT2D eigenvalue weighted by Gasteiger charge is 2.22. The largest absolute Gasteiger partial charge is 0.507 e. The maximum Gasteiger partial charge on any atom is 0.122 e. The van der Waals surface area contributed by atoms with E-state index in [0.717, 1.165) is 58.7 Å². The van der Waals surface area contributed by atoms with Crippen LogP contribution in [0.5, 0.6) is 11.5 Å². The first-order chi connectivity index (χ1) is 13.7. The van der Waals surface area contributed by atoms with Crippen molar-refractivity contribution >= 4 is 31.6 Å². The summed E-state index contributed by atoms with van der Waals surface area (Å²) >= 11 is 3.89. The van der Waals surface area contributed by atoms with E-state index in [0.29, 0.717) is 11.5 Å². The van der Waals surface area contributed by atoms with Gasteiger partial charge in [-0.2, -0.15) is 0 Å². The quantitative estimate of drug-likeness (QED) is 0.303. The lowest BCUT2D eigenvalue weighted by Crippen LogP contribution is -2.33. The summed E-state index contributed by atoms with van der Waals surface area (Å²) in [5.41, 5.74) is 4.24. The van der Waals surface area contributed by atoms with Crippen molar-refractivity contribution in [2.45, 2.75) is 76.3 Å². The minimum Gasteiger partial charge on any atom is -0.507 e. The van der Waals surface area contributed by atoms with Crippen molar-refractivity contribution in [3.8, 4) is 11.5 Å². The fourth-order valence-electron chi connectivity index (χ4n) is 3.30. The van der Waals surface area contributed by atoms with E-state index in [1.165, 1.54) is 9.79 Å². The number of phenolic OH excluding ortho intramolecular Hbond substituents is 2. The number of hydrogen-bond donors (Lipinski definition) is 2. The number of rotatable bonds is 10. The molecule has 0 radical (unpaired) electrons. The number of aryl methyl sites for hydroxylation is 4. The lowest BCUT2D eigenvalue weighted by Gasteiger charge is -2.22. The van der Waals surface area contributed by atoms with Gasteiger partial charge in [0.05, 0.1) is 8.07 Å². The molecule has 0 spiro atoms. The van der Waals surface area contributed by atoms with Crippen LogP contribution in [0.2, 0.25) is 13.1 Å². The van der Waals surface area contributed by atoms with E-state index in [4.69, 9.17) is 0 Å². The van der Waals surface area contributed by atoms with Gasteiger partial charge in [-0.15, -0.1) is 23.5 Å². The first kappa shape index (κ1) is 24.2. The predicted octanol–water partition coefficient (Wildman–Crippen LogP) is 7.02. The minimum atomic E-state index is -1.41. The highest BCUT2D eigenvalue weighted by atomic mass is 32.2. The van der Waals surface area contributed by atoms with Gasteiger partial charge in [0.2, 0.25) is 0 Å². The van der Waals surface area contributed by atoms with Crippen LogP contribution in [0.3, 0.4) is 0 Å². The first-order valence-corrected chi connectivity index (χ1v) is 16.1. The van der Waals surface area contributed by atoms with E-state index in [2.05, 4.69) is 65.1 Å². The Bertz CT molecular complexity index is 716. The second-order valence-electron chi connectivity index (χ2n) is 8.34. The number of thioether (sulfide) groups is 2. The zero-order valence-electron chi connectivity index (χ0n) is 18.8. The first-order valence-electron chi connectivity index (χ1n) is 10.7. The summed E-state index contributed by atoms with van der Waals surface area (Å²) in [7, 11) is -1.41. The summed E-state index contributed by atoms with van der Waals surface area (Å²) in [5, 5.41) is 23.0. The Morgan fingerprint density at radius 3 is 1.14 bits per heavy atom. The van der Waals surface area contributed by atoms with Crippen LogP contribution in [-0.2, 0) is 25.7 Å². The molecule has 0 fully saturated rings. The Labute approximate surface area is 186 Å². The van der Waals surface area contributed by atoms with Crippen molar-refractivity contribution in [1.82, 2.24) is 0 Å². The molecule has 0 amide bonds. The molecule has 2 aromatic carbocycles. The Kier molecular flexibility index (Phi) is 9.05. The fraction of sp³-hybridized carbons (Fsp3) is 0.500. The van der Waals surface area contributed by atoms with Gasteiger partial charge < -0.3 is 10.2 Å². The molecule has 0 unspecified atom stereocenters. The smallest absolute Gasteiger partial charge is 0.122 e. The van der Waals surface area contributed by atoms with Gasteiger partial charge in [-0.25, -0.2) is 0 Å². The Hall–Kier alpha value is -1.04. The fourth-order valence-corrected chi connectivity index (χ4v) is 9.74. The molecule has 0 saturated carbocycles. The summed E-state index contributed by atoms with van der Waals surface area (Å²) in [6.07, 6.45) is 3.46. The van der Waals surface area contributed by atoms with Gasteiger partial charge in [0.25, 0.3) is 0 Å². The molecule has 0 saturated heterocycles. The molecule has 0 atom stereocenters. The molecule has 0 aromatic heterocycles. The molecule has 0 aliphatic carbocycles. The van der Waals surface area contributed by atoms with Crippen LogP contribution in [0.1, 0.15) is 49.9 Å². The SMILES string of the molecule is CCc1cc(SC[Si](C)(C)CSc2cc(CC)c(O)c(CC)c2)cc(CC)c1O. The number of phenols is 2. The molecule has 2 N–H and O–H groups in total. The number of aromatic hydroxyl groups is 2. The molecule has 0 aliphatic heterocycles. The summed E-state index contributed by atoms with van der Waals surface area (Å²) in [5.74, 6) is 0.967. The summed E-state index contributed by atoms with van der Waals surface area (Å²) in [6.45, 7) is 13.3. The van der Waals surface area contributed by atoms with E-state index in [1.807, 2.05) is 23.5 Å². The van der Waals surface area contributed by atoms with E-state index in [-0.39, 0.29) is 0 Å². The minimum absolute atomic E-state index is 0.484. The molecule has 0 aliphatic rings. The average Bonchev–Trinajstić information content (AvgIpc) is 2.72. The standard InChI is InChI=1S/C24H36O2S2Si/c1-7-17-11-21(12-18(8-2)23(17)25)27-15-29(5,6)16-28-22-13-19(9-3)24(26)20(10-4)14-22/h11-14,25-26H,7-10,15-16H2,1-6H3. The van der Waals surface area contributed by atoms with Gasteiger partial charge >= 0.3 is 0 Å². The second-order valence-corrected chi connectivity index (χ2v) is 16.5. The van der Waals surface area contributed by atoms with Crippen LogP contribution < -0.4 is 0 Å². The predicted molar refractivity (Wildman–Crippen MR) is 133 cm³/mol. The van der Waals surface area contributed by atoms with Crippen molar-refractivity contribution in [3.05, 3.63) is 46.5 Å². The topological polar surface area (TPSA) is 40.5 Å². The van der Waals surface area contributed by atoms with E-state index in [1.54, 1.807) is 0 Å². The number of benzene rings is 2. The Morgan fingerprint density at radius 2 is 0.897 bits per heavy atom. The molecule has 29 heavy (non-hydrogen) atoms. The third-order valence-electron chi connectivity index (χ3n) is 5.27. The van der Waals surface area contributed by atoms with E-state index >= 15 is 0 Å². The maximum absolute atomic E-state index is 10.3. The molecule has 160 valence electrons. The molecular formula is C24H36O2S2Si. The molecular weight excluding hydrogens is 412 g/mol. The van der Waals surface area contributed by atoms with Gasteiger partial charge in [-0.05, 0) is 83.0 Å². The summed E-state index contributed by atoms with van der Waals surface area (Å²) in [6, 6.07) is 8.66. The zero-order chi connectivity index (χ0) is 21.6. The molecule has 2 rings (SSSR count). The Morgan fingerprint density at radius 1 is 0.621 bits per heavy atom. The van der Waals surface area contributed by atoms with Crippen LogP contribution in [0.25, 0.3) is 0 Å². The van der Waals surface area contributed by atoms with Gasteiger partial charge in [-0.1, -0.05) is 40.8 Å². The van der Waals surface area contributed by atoms with E-state index < -0.39 is 8.07 Å². The molecule has 5 heteroatoms. The lowest BCUT2D eigenvalue weighted by atomic mass is 10.1. The highest BCUT2D eigenvalue weighted by Crippen LogP contribution is 2.34. The van der Waals surface area contributed by atoms with Gasteiger partial charge in [0.1, 0.15) is 11.5 Å². The monoisotopic (exact) mass is 448 g/mol. The normalized spacial score (nSPS) is 11.8. The third-order valence-corrected chi connectivity index (χ3v) is 13.8. The molecule has 2 nitrogen and oxygen atoms in total. The third kappa shape index (κ3) is 6.47. The average molecular weight is 449 g/mol. The van der Waals surface area contributed by atoms with Gasteiger partial charge in [-0.3, -0.25) is 0 Å². The van der Waals surface area contributed by atoms with Crippen molar-refractivity contribution in [1.29, 1.82) is 0 Å². The van der Waals surface area contributed by atoms with Gasteiger partial charge in [0.15, 0.2) is 0 Å². The molecule has 2 aromatic rings. The highest BCUT2D eigenvalue weighted by molar-refractivity contribution is 8.03. The maximum atomic E-state index is 10.3. The van der Waals surface area contributed by atoms with Crippen molar-refractivity contribution in [2.24, 2.45) is 0 Å². The van der Waals surface area contributed by atoms with Crippen molar-refractivity contribution in [3.63, 3.8) is 0 Å². The lowest BCUT2D eigenvalue weighted by molar-refractivity contribution is 0.461. The number of hydrogen-bond acceptors (Lipinski definition) is 4.